The van der Waals surface area contributed by atoms with Gasteiger partial charge in [0.05, 0.1) is 6.42 Å². The zero-order chi connectivity index (χ0) is 22.6. The van der Waals surface area contributed by atoms with Gasteiger partial charge in [-0.05, 0) is 33.3 Å². The third kappa shape index (κ3) is 10.8. The highest BCUT2D eigenvalue weighted by Gasteiger charge is 2.32. The molecule has 1 unspecified atom stereocenters. The molecule has 9 heteroatoms. The lowest BCUT2D eigenvalue weighted by Gasteiger charge is -2.32. The van der Waals surface area contributed by atoms with Gasteiger partial charge in [-0.1, -0.05) is 51.9 Å². The van der Waals surface area contributed by atoms with Crippen LogP contribution in [0.5, 0.6) is 0 Å². The van der Waals surface area contributed by atoms with Gasteiger partial charge >= 0.3 is 12.1 Å². The highest BCUT2D eigenvalue weighted by molar-refractivity contribution is 8.76. The van der Waals surface area contributed by atoms with Crippen molar-refractivity contribution in [1.82, 2.24) is 10.2 Å². The van der Waals surface area contributed by atoms with E-state index in [0.29, 0.717) is 31.0 Å². The normalized spacial score (nSPS) is 12.1. The van der Waals surface area contributed by atoms with Gasteiger partial charge in [-0.2, -0.15) is 0 Å². The first-order chi connectivity index (χ1) is 14.1. The summed E-state index contributed by atoms with van der Waals surface area (Å²) >= 11 is 0. The van der Waals surface area contributed by atoms with Crippen LogP contribution in [-0.2, 0) is 20.7 Å². The number of carbonyl (C=O) groups is 3. The summed E-state index contributed by atoms with van der Waals surface area (Å²) in [4.78, 5) is 37.6. The van der Waals surface area contributed by atoms with Gasteiger partial charge in [0.25, 0.3) is 0 Å². The molecule has 0 aliphatic heterocycles. The van der Waals surface area contributed by atoms with Crippen molar-refractivity contribution < 1.29 is 24.2 Å². The molecule has 0 fully saturated rings. The fraction of sp³-hybridized carbons (Fsp3) is 0.571. The maximum Gasteiger partial charge on any atom is 0.410 e. The Morgan fingerprint density at radius 1 is 1.13 bits per heavy atom. The van der Waals surface area contributed by atoms with Crippen LogP contribution in [0.3, 0.4) is 0 Å². The molecule has 1 aromatic carbocycles. The smallest absolute Gasteiger partial charge is 0.410 e. The first-order valence-corrected chi connectivity index (χ1v) is 12.4. The predicted octanol–water partition coefficient (Wildman–Crippen LogP) is 3.83. The quantitative estimate of drug-likeness (QED) is 0.364. The van der Waals surface area contributed by atoms with E-state index in [1.165, 1.54) is 26.5 Å². The molecule has 0 aliphatic rings. The summed E-state index contributed by atoms with van der Waals surface area (Å²) in [5, 5.41) is 11.5. The molecule has 0 saturated carbocycles. The van der Waals surface area contributed by atoms with Gasteiger partial charge in [0.15, 0.2) is 0 Å². The number of benzene rings is 1. The van der Waals surface area contributed by atoms with Gasteiger partial charge in [-0.15, -0.1) is 0 Å². The molecule has 0 aromatic heterocycles. The molecule has 2 N–H and O–H groups in total. The fourth-order valence-corrected chi connectivity index (χ4v) is 4.45. The maximum absolute atomic E-state index is 12.9. The standard InChI is InChI=1S/C21H32N2O5S2/c1-5-23(20(27)28-21(2,3)4)17(15-16-9-7-6-8-10-16)19(26)22-12-14-30-29-13-11-18(24)25/h6-10,17H,5,11-15H2,1-4H3,(H,22,26)(H,24,25). The third-order valence-corrected chi connectivity index (χ3v) is 6.29. The molecule has 0 aliphatic carbocycles. The fourth-order valence-electron chi connectivity index (χ4n) is 2.56. The topological polar surface area (TPSA) is 95.9 Å². The van der Waals surface area contributed by atoms with Gasteiger partial charge in [0, 0.05) is 31.0 Å². The number of aliphatic carboxylic acids is 1. The summed E-state index contributed by atoms with van der Waals surface area (Å²) in [6.07, 6.45) is -0.00944. The lowest BCUT2D eigenvalue weighted by Crippen LogP contribution is -2.52. The maximum atomic E-state index is 12.9. The largest absolute Gasteiger partial charge is 0.481 e. The second-order valence-corrected chi connectivity index (χ2v) is 10.3. The van der Waals surface area contributed by atoms with Crippen LogP contribution in [0.25, 0.3) is 0 Å². The van der Waals surface area contributed by atoms with E-state index in [0.717, 1.165) is 5.56 Å². The summed E-state index contributed by atoms with van der Waals surface area (Å²) in [6, 6.07) is 8.88. The Bertz CT molecular complexity index is 680. The van der Waals surface area contributed by atoms with Gasteiger partial charge in [-0.25, -0.2) is 4.79 Å². The highest BCUT2D eigenvalue weighted by Crippen LogP contribution is 2.21. The van der Waals surface area contributed by atoms with E-state index in [2.05, 4.69) is 5.32 Å². The first-order valence-electron chi connectivity index (χ1n) is 9.91. The van der Waals surface area contributed by atoms with Crippen molar-refractivity contribution >= 4 is 39.6 Å². The van der Waals surface area contributed by atoms with Crippen LogP contribution in [0.4, 0.5) is 4.79 Å². The number of rotatable bonds is 12. The summed E-state index contributed by atoms with van der Waals surface area (Å²) in [5.74, 6) is 0.115. The Kier molecular flexibility index (Phi) is 11.7. The van der Waals surface area contributed by atoms with Gasteiger partial charge < -0.3 is 15.2 Å². The van der Waals surface area contributed by atoms with Crippen molar-refractivity contribution in [3.63, 3.8) is 0 Å². The van der Waals surface area contributed by atoms with Gasteiger partial charge in [0.2, 0.25) is 5.91 Å². The summed E-state index contributed by atoms with van der Waals surface area (Å²) in [7, 11) is 2.98. The average molecular weight is 457 g/mol. The highest BCUT2D eigenvalue weighted by atomic mass is 33.1. The molecular weight excluding hydrogens is 424 g/mol. The molecule has 1 atom stereocenters. The van der Waals surface area contributed by atoms with E-state index in [1.807, 2.05) is 37.3 Å². The zero-order valence-corrected chi connectivity index (χ0v) is 19.7. The number of amides is 2. The molecule has 0 bridgehead atoms. The Hall–Kier alpha value is -1.87. The van der Waals surface area contributed by atoms with Crippen LogP contribution in [-0.4, -0.2) is 64.2 Å². The monoisotopic (exact) mass is 456 g/mol. The molecule has 1 rings (SSSR count). The number of hydrogen-bond donors (Lipinski definition) is 2. The number of hydrogen-bond acceptors (Lipinski definition) is 6. The second kappa shape index (κ2) is 13.4. The number of carboxylic acid groups (broad SMARTS) is 1. The number of nitrogens with one attached hydrogen (secondary N) is 1. The summed E-state index contributed by atoms with van der Waals surface area (Å²) in [5.41, 5.74) is 0.306. The Morgan fingerprint density at radius 3 is 2.33 bits per heavy atom. The number of carbonyl (C=O) groups excluding carboxylic acids is 2. The minimum atomic E-state index is -0.818. The number of likely N-dealkylation sites (N-methyl/N-ethyl adjacent to an activating group) is 1. The first kappa shape index (κ1) is 26.2. The molecule has 2 amide bonds. The van der Waals surface area contributed by atoms with Gasteiger partial charge in [-0.3, -0.25) is 14.5 Å². The van der Waals surface area contributed by atoms with Gasteiger partial charge in [0.1, 0.15) is 11.6 Å². The SMILES string of the molecule is CCN(C(=O)OC(C)(C)C)C(Cc1ccccc1)C(=O)NCCSSCCC(=O)O. The number of nitrogens with zero attached hydrogens (tertiary/aromatic N) is 1. The molecular formula is C21H32N2O5S2. The molecule has 0 spiro atoms. The zero-order valence-electron chi connectivity index (χ0n) is 18.1. The molecule has 0 heterocycles. The summed E-state index contributed by atoms with van der Waals surface area (Å²) in [6.45, 7) is 7.99. The van der Waals surface area contributed by atoms with Crippen molar-refractivity contribution in [1.29, 1.82) is 0 Å². The average Bonchev–Trinajstić information content (AvgIpc) is 2.66. The minimum absolute atomic E-state index is 0.116. The van der Waals surface area contributed by atoms with Crippen LogP contribution in [0.2, 0.25) is 0 Å². The van der Waals surface area contributed by atoms with Crippen LogP contribution in [0, 0.1) is 0 Å². The lowest BCUT2D eigenvalue weighted by molar-refractivity contribution is -0.136. The molecule has 0 radical (unpaired) electrons. The van der Waals surface area contributed by atoms with Crippen molar-refractivity contribution in [3.05, 3.63) is 35.9 Å². The Labute approximate surface area is 186 Å². The van der Waals surface area contributed by atoms with E-state index in [9.17, 15) is 14.4 Å². The molecule has 7 nitrogen and oxygen atoms in total. The third-order valence-electron chi connectivity index (χ3n) is 3.89. The van der Waals surface area contributed by atoms with Crippen molar-refractivity contribution in [2.45, 2.75) is 52.2 Å². The van der Waals surface area contributed by atoms with Crippen LogP contribution < -0.4 is 5.32 Å². The number of carboxylic acids is 1. The van der Waals surface area contributed by atoms with Crippen molar-refractivity contribution in [2.75, 3.05) is 24.6 Å². The Balaban J connectivity index is 2.73. The predicted molar refractivity (Wildman–Crippen MR) is 123 cm³/mol. The lowest BCUT2D eigenvalue weighted by atomic mass is 10.0. The molecule has 1 aromatic rings. The van der Waals surface area contributed by atoms with Crippen molar-refractivity contribution in [3.8, 4) is 0 Å². The van der Waals surface area contributed by atoms with E-state index < -0.39 is 23.7 Å². The minimum Gasteiger partial charge on any atom is -0.481 e. The molecule has 30 heavy (non-hydrogen) atoms. The van der Waals surface area contributed by atoms with E-state index in [4.69, 9.17) is 9.84 Å². The molecule has 0 saturated heterocycles. The van der Waals surface area contributed by atoms with Crippen LogP contribution >= 0.6 is 21.6 Å². The van der Waals surface area contributed by atoms with Crippen LogP contribution in [0.1, 0.15) is 39.7 Å². The molecule has 168 valence electrons. The second-order valence-electron chi connectivity index (χ2n) is 7.55. The summed E-state index contributed by atoms with van der Waals surface area (Å²) < 4.78 is 5.50. The van der Waals surface area contributed by atoms with Crippen LogP contribution in [0.15, 0.2) is 30.3 Å². The number of ether oxygens (including phenoxy) is 1. The van der Waals surface area contributed by atoms with E-state index >= 15 is 0 Å². The Morgan fingerprint density at radius 2 is 1.77 bits per heavy atom. The van der Waals surface area contributed by atoms with E-state index in [-0.39, 0.29) is 12.3 Å². The van der Waals surface area contributed by atoms with E-state index in [1.54, 1.807) is 20.8 Å². The van der Waals surface area contributed by atoms with Crippen molar-refractivity contribution in [2.24, 2.45) is 0 Å².